The van der Waals surface area contributed by atoms with Crippen LogP contribution < -0.4 is 5.32 Å². The van der Waals surface area contributed by atoms with Gasteiger partial charge in [0.05, 0.1) is 18.9 Å². The van der Waals surface area contributed by atoms with Gasteiger partial charge in [-0.05, 0) is 42.3 Å². The Bertz CT molecular complexity index is 788. The maximum atomic E-state index is 11.9. The summed E-state index contributed by atoms with van der Waals surface area (Å²) in [5, 5.41) is 7.03. The van der Waals surface area contributed by atoms with Crippen LogP contribution in [0.2, 0.25) is 5.02 Å². The maximum absolute atomic E-state index is 11.9. The Morgan fingerprint density at radius 3 is 2.60 bits per heavy atom. The van der Waals surface area contributed by atoms with E-state index < -0.39 is 11.9 Å². The van der Waals surface area contributed by atoms with Crippen molar-refractivity contribution in [2.75, 3.05) is 19.0 Å². The van der Waals surface area contributed by atoms with Crippen LogP contribution in [0.4, 0.5) is 5.69 Å². The number of nitrogens with one attached hydrogen (secondary N) is 1. The van der Waals surface area contributed by atoms with Crippen molar-refractivity contribution in [1.82, 2.24) is 0 Å². The number of hydrogen-bond acceptors (Lipinski definition) is 5. The van der Waals surface area contributed by atoms with Gasteiger partial charge in [-0.1, -0.05) is 35.0 Å². The highest BCUT2D eigenvalue weighted by molar-refractivity contribution is 6.30. The zero-order valence-corrected chi connectivity index (χ0v) is 14.5. The van der Waals surface area contributed by atoms with Gasteiger partial charge in [0.15, 0.2) is 6.61 Å². The third-order valence-corrected chi connectivity index (χ3v) is 3.53. The number of benzene rings is 2. The minimum absolute atomic E-state index is 0.258. The first kappa shape index (κ1) is 18.5. The summed E-state index contributed by atoms with van der Waals surface area (Å²) in [4.78, 5) is 28.4. The van der Waals surface area contributed by atoms with Crippen LogP contribution in [0.5, 0.6) is 0 Å². The third kappa shape index (κ3) is 5.61. The Labute approximate surface area is 150 Å². The summed E-state index contributed by atoms with van der Waals surface area (Å²) in [6, 6.07) is 11.9. The van der Waals surface area contributed by atoms with Gasteiger partial charge in [-0.2, -0.15) is 0 Å². The van der Waals surface area contributed by atoms with Crippen LogP contribution in [0.1, 0.15) is 21.5 Å². The number of methoxy groups -OCH3 is 1. The van der Waals surface area contributed by atoms with Crippen LogP contribution >= 0.6 is 11.6 Å². The van der Waals surface area contributed by atoms with Crippen LogP contribution in [0.3, 0.4) is 0 Å². The average Bonchev–Trinajstić information content (AvgIpc) is 2.61. The monoisotopic (exact) mass is 360 g/mol. The van der Waals surface area contributed by atoms with E-state index in [1.54, 1.807) is 42.5 Å². The molecule has 0 unspecified atom stereocenters. The second-order valence-electron chi connectivity index (χ2n) is 5.13. The van der Waals surface area contributed by atoms with Crippen molar-refractivity contribution in [1.29, 1.82) is 0 Å². The lowest BCUT2D eigenvalue weighted by molar-refractivity contribution is -0.120. The Kier molecular flexibility index (Phi) is 6.54. The molecule has 1 N–H and O–H groups in total. The number of carbonyl (C=O) groups excluding carboxylic acids is 2. The smallest absolute Gasteiger partial charge is 0.337 e. The number of anilines is 1. The Hall–Kier alpha value is -2.86. The highest BCUT2D eigenvalue weighted by Gasteiger charge is 2.10. The van der Waals surface area contributed by atoms with Gasteiger partial charge in [0.25, 0.3) is 5.91 Å². The molecular weight excluding hydrogens is 344 g/mol. The van der Waals surface area contributed by atoms with Gasteiger partial charge < -0.3 is 14.9 Å². The zero-order chi connectivity index (χ0) is 18.2. The Morgan fingerprint density at radius 2 is 1.92 bits per heavy atom. The van der Waals surface area contributed by atoms with Crippen molar-refractivity contribution in [3.8, 4) is 0 Å². The topological polar surface area (TPSA) is 77.0 Å². The minimum Gasteiger partial charge on any atom is -0.465 e. The molecule has 0 saturated heterocycles. The lowest BCUT2D eigenvalue weighted by Crippen LogP contribution is -2.18. The molecule has 2 aromatic carbocycles. The van der Waals surface area contributed by atoms with Crippen LogP contribution in [0.15, 0.2) is 47.6 Å². The molecule has 2 aromatic rings. The number of aryl methyl sites for hydroxylation is 1. The van der Waals surface area contributed by atoms with E-state index in [9.17, 15) is 9.59 Å². The van der Waals surface area contributed by atoms with Crippen LogP contribution in [0, 0.1) is 6.92 Å². The van der Waals surface area contributed by atoms with E-state index in [1.165, 1.54) is 13.3 Å². The number of oxime groups is 1. The second kappa shape index (κ2) is 8.84. The fraction of sp³-hybridized carbons (Fsp3) is 0.167. The van der Waals surface area contributed by atoms with Crippen LogP contribution in [-0.4, -0.2) is 31.8 Å². The van der Waals surface area contributed by atoms with E-state index >= 15 is 0 Å². The quantitative estimate of drug-likeness (QED) is 0.486. The molecule has 0 aliphatic heterocycles. The first-order valence-electron chi connectivity index (χ1n) is 7.39. The number of amides is 1. The fourth-order valence-corrected chi connectivity index (χ4v) is 2.06. The Balaban J connectivity index is 1.89. The molecule has 0 aliphatic carbocycles. The molecule has 0 heterocycles. The molecule has 7 heteroatoms. The van der Waals surface area contributed by atoms with Gasteiger partial charge in [-0.25, -0.2) is 4.79 Å². The van der Waals surface area contributed by atoms with Gasteiger partial charge in [-0.3, -0.25) is 4.79 Å². The molecule has 0 fully saturated rings. The molecule has 130 valence electrons. The van der Waals surface area contributed by atoms with E-state index in [0.717, 1.165) is 11.1 Å². The molecule has 0 aromatic heterocycles. The average molecular weight is 361 g/mol. The Morgan fingerprint density at radius 1 is 1.20 bits per heavy atom. The van der Waals surface area contributed by atoms with Crippen molar-refractivity contribution in [2.24, 2.45) is 5.16 Å². The highest BCUT2D eigenvalue weighted by Crippen LogP contribution is 2.17. The van der Waals surface area contributed by atoms with E-state index in [1.807, 2.05) is 6.92 Å². The van der Waals surface area contributed by atoms with E-state index in [2.05, 4.69) is 15.2 Å². The molecule has 0 spiro atoms. The van der Waals surface area contributed by atoms with Crippen molar-refractivity contribution in [3.63, 3.8) is 0 Å². The largest absolute Gasteiger partial charge is 0.465 e. The van der Waals surface area contributed by atoms with Crippen molar-refractivity contribution < 1.29 is 19.2 Å². The minimum atomic E-state index is -0.473. The number of hydrogen-bond donors (Lipinski definition) is 1. The SMILES string of the molecule is COC(=O)c1ccc(C)c(NC(=O)CO/N=C\c2ccc(Cl)cc2)c1. The van der Waals surface area contributed by atoms with Crippen molar-refractivity contribution >= 4 is 35.4 Å². The maximum Gasteiger partial charge on any atom is 0.337 e. The summed E-state index contributed by atoms with van der Waals surface area (Å²) in [7, 11) is 1.30. The predicted octanol–water partition coefficient (Wildman–Crippen LogP) is 3.42. The molecule has 25 heavy (non-hydrogen) atoms. The number of ether oxygens (including phenoxy) is 1. The summed E-state index contributed by atoms with van der Waals surface area (Å²) in [5.41, 5.74) is 2.47. The number of halogens is 1. The molecule has 1 amide bonds. The van der Waals surface area contributed by atoms with Gasteiger partial charge >= 0.3 is 5.97 Å². The molecule has 0 radical (unpaired) electrons. The van der Waals surface area contributed by atoms with E-state index in [4.69, 9.17) is 16.4 Å². The second-order valence-corrected chi connectivity index (χ2v) is 5.57. The fourth-order valence-electron chi connectivity index (χ4n) is 1.93. The summed E-state index contributed by atoms with van der Waals surface area (Å²) in [6.45, 7) is 1.56. The third-order valence-electron chi connectivity index (χ3n) is 3.27. The summed E-state index contributed by atoms with van der Waals surface area (Å²) in [5.74, 6) is -0.863. The zero-order valence-electron chi connectivity index (χ0n) is 13.8. The first-order chi connectivity index (χ1) is 12.0. The number of carbonyl (C=O) groups is 2. The lowest BCUT2D eigenvalue weighted by atomic mass is 10.1. The van der Waals surface area contributed by atoms with Gasteiger partial charge in [0.2, 0.25) is 0 Å². The van der Waals surface area contributed by atoms with Gasteiger partial charge in [-0.15, -0.1) is 0 Å². The lowest BCUT2D eigenvalue weighted by Gasteiger charge is -2.09. The highest BCUT2D eigenvalue weighted by atomic mass is 35.5. The summed E-state index contributed by atoms with van der Waals surface area (Å²) in [6.07, 6.45) is 1.48. The molecular formula is C18H17ClN2O4. The predicted molar refractivity (Wildman–Crippen MR) is 96.1 cm³/mol. The van der Waals surface area contributed by atoms with Crippen molar-refractivity contribution in [2.45, 2.75) is 6.92 Å². The molecule has 6 nitrogen and oxygen atoms in total. The van der Waals surface area contributed by atoms with Crippen molar-refractivity contribution in [3.05, 3.63) is 64.2 Å². The number of esters is 1. The molecule has 0 aliphatic rings. The van der Waals surface area contributed by atoms with Crippen LogP contribution in [-0.2, 0) is 14.4 Å². The number of rotatable bonds is 6. The summed E-state index contributed by atoms with van der Waals surface area (Å²) < 4.78 is 4.66. The first-order valence-corrected chi connectivity index (χ1v) is 7.77. The molecule has 2 rings (SSSR count). The molecule has 0 atom stereocenters. The molecule has 0 bridgehead atoms. The normalized spacial score (nSPS) is 10.5. The summed E-state index contributed by atoms with van der Waals surface area (Å²) >= 11 is 5.79. The standard InChI is InChI=1S/C18H17ClN2O4/c1-12-3-6-14(18(23)24-2)9-16(12)21-17(22)11-25-20-10-13-4-7-15(19)8-5-13/h3-10H,11H2,1-2H3,(H,21,22)/b20-10-. The molecule has 0 saturated carbocycles. The van der Waals surface area contributed by atoms with Gasteiger partial charge in [0.1, 0.15) is 0 Å². The van der Waals surface area contributed by atoms with Gasteiger partial charge in [0, 0.05) is 10.7 Å². The van der Waals surface area contributed by atoms with Crippen LogP contribution in [0.25, 0.3) is 0 Å². The van der Waals surface area contributed by atoms with E-state index in [0.29, 0.717) is 16.3 Å². The number of nitrogens with zero attached hydrogens (tertiary/aromatic N) is 1. The van der Waals surface area contributed by atoms with E-state index in [-0.39, 0.29) is 6.61 Å².